The van der Waals surface area contributed by atoms with Crippen LogP contribution in [0.1, 0.15) is 35.7 Å². The minimum atomic E-state index is -0.239. The Hall–Kier alpha value is -1.35. The lowest BCUT2D eigenvalue weighted by atomic mass is 9.81. The number of carbonyl (C=O) groups excluding carboxylic acids is 1. The van der Waals surface area contributed by atoms with Crippen LogP contribution in [0.2, 0.25) is 0 Å². The Balaban J connectivity index is 1.84. The molecule has 3 heteroatoms. The molecule has 0 radical (unpaired) electrons. The molecule has 1 fully saturated rings. The number of fused-ring (bicyclic) bond motifs is 1. The van der Waals surface area contributed by atoms with Crippen molar-refractivity contribution < 1.29 is 9.53 Å². The highest BCUT2D eigenvalue weighted by molar-refractivity contribution is 5.92. The number of ether oxygens (including phenoxy) is 1. The second-order valence-corrected chi connectivity index (χ2v) is 5.34. The Morgan fingerprint density at radius 2 is 2.00 bits per heavy atom. The highest BCUT2D eigenvalue weighted by atomic mass is 16.6. The van der Waals surface area contributed by atoms with Crippen LogP contribution in [0.25, 0.3) is 0 Å². The topological polar surface area (TPSA) is 29.5 Å². The molecule has 0 bridgehead atoms. The lowest BCUT2D eigenvalue weighted by Gasteiger charge is -2.43. The summed E-state index contributed by atoms with van der Waals surface area (Å²) in [4.78, 5) is 14.5. The van der Waals surface area contributed by atoms with Gasteiger partial charge in [-0.15, -0.1) is 0 Å². The smallest absolute Gasteiger partial charge is 0.338 e. The molecule has 1 saturated heterocycles. The van der Waals surface area contributed by atoms with Crippen molar-refractivity contribution in [1.82, 2.24) is 4.90 Å². The first-order valence-corrected chi connectivity index (χ1v) is 6.76. The first-order chi connectivity index (χ1) is 8.72. The first kappa shape index (κ1) is 11.7. The fourth-order valence-corrected chi connectivity index (χ4v) is 3.06. The van der Waals surface area contributed by atoms with E-state index in [-0.39, 0.29) is 11.6 Å². The van der Waals surface area contributed by atoms with Crippen molar-refractivity contribution in [2.24, 2.45) is 0 Å². The summed E-state index contributed by atoms with van der Waals surface area (Å²) < 4.78 is 5.77. The van der Waals surface area contributed by atoms with Crippen LogP contribution in [-0.4, -0.2) is 36.1 Å². The molecule has 2 aliphatic heterocycles. The van der Waals surface area contributed by atoms with E-state index in [9.17, 15) is 4.79 Å². The molecule has 3 nitrogen and oxygen atoms in total. The maximum absolute atomic E-state index is 12.1. The highest BCUT2D eigenvalue weighted by Crippen LogP contribution is 2.35. The van der Waals surface area contributed by atoms with E-state index in [1.165, 1.54) is 0 Å². The van der Waals surface area contributed by atoms with Crippen molar-refractivity contribution in [3.8, 4) is 0 Å². The third-order valence-electron chi connectivity index (χ3n) is 4.27. The van der Waals surface area contributed by atoms with Crippen LogP contribution in [0, 0.1) is 0 Å². The number of piperidine rings is 1. The summed E-state index contributed by atoms with van der Waals surface area (Å²) >= 11 is 0. The standard InChI is InChI=1S/C15H19NO2/c1-2-16-9-7-15(8-10-16)11-12-5-3-4-6-13(12)14(17)18-15/h3-6H,2,7-11H2,1H3. The zero-order valence-electron chi connectivity index (χ0n) is 10.8. The summed E-state index contributed by atoms with van der Waals surface area (Å²) in [6, 6.07) is 7.83. The number of esters is 1. The van der Waals surface area contributed by atoms with Crippen LogP contribution >= 0.6 is 0 Å². The molecule has 0 aliphatic carbocycles. The lowest BCUT2D eigenvalue weighted by molar-refractivity contribution is -0.0558. The molecule has 0 unspecified atom stereocenters. The first-order valence-electron chi connectivity index (χ1n) is 6.76. The van der Waals surface area contributed by atoms with Gasteiger partial charge in [0.2, 0.25) is 0 Å². The van der Waals surface area contributed by atoms with Crippen molar-refractivity contribution in [2.75, 3.05) is 19.6 Å². The van der Waals surface area contributed by atoms with Crippen molar-refractivity contribution >= 4 is 5.97 Å². The van der Waals surface area contributed by atoms with Crippen molar-refractivity contribution in [3.63, 3.8) is 0 Å². The van der Waals surface area contributed by atoms with E-state index < -0.39 is 0 Å². The van der Waals surface area contributed by atoms with Crippen LogP contribution in [0.5, 0.6) is 0 Å². The number of benzene rings is 1. The van der Waals surface area contributed by atoms with Crippen molar-refractivity contribution in [1.29, 1.82) is 0 Å². The third-order valence-corrected chi connectivity index (χ3v) is 4.27. The Morgan fingerprint density at radius 1 is 1.28 bits per heavy atom. The van der Waals surface area contributed by atoms with E-state index in [0.29, 0.717) is 0 Å². The van der Waals surface area contributed by atoms with Gasteiger partial charge in [0.1, 0.15) is 5.60 Å². The number of carbonyl (C=O) groups is 1. The van der Waals surface area contributed by atoms with Gasteiger partial charge < -0.3 is 9.64 Å². The quantitative estimate of drug-likeness (QED) is 0.711. The van der Waals surface area contributed by atoms with Crippen molar-refractivity contribution in [2.45, 2.75) is 31.8 Å². The van der Waals surface area contributed by atoms with E-state index in [2.05, 4.69) is 17.9 Å². The normalized spacial score (nSPS) is 22.6. The molecule has 18 heavy (non-hydrogen) atoms. The Labute approximate surface area is 108 Å². The molecule has 1 aromatic rings. The van der Waals surface area contributed by atoms with Gasteiger partial charge in [0.05, 0.1) is 5.56 Å². The number of nitrogens with zero attached hydrogens (tertiary/aromatic N) is 1. The van der Waals surface area contributed by atoms with Gasteiger partial charge in [-0.3, -0.25) is 0 Å². The molecule has 1 spiro atoms. The molecule has 0 aromatic heterocycles. The molecular weight excluding hydrogens is 226 g/mol. The third kappa shape index (κ3) is 1.93. The van der Waals surface area contributed by atoms with Gasteiger partial charge in [0, 0.05) is 32.4 Å². The second kappa shape index (κ2) is 4.39. The second-order valence-electron chi connectivity index (χ2n) is 5.34. The molecule has 2 aliphatic rings. The van der Waals surface area contributed by atoms with Gasteiger partial charge in [0.25, 0.3) is 0 Å². The number of hydrogen-bond acceptors (Lipinski definition) is 3. The zero-order chi connectivity index (χ0) is 12.6. The average Bonchev–Trinajstić information content (AvgIpc) is 2.40. The summed E-state index contributed by atoms with van der Waals surface area (Å²) in [5.74, 6) is -0.137. The van der Waals surface area contributed by atoms with Crippen LogP contribution in [0.15, 0.2) is 24.3 Å². The Morgan fingerprint density at radius 3 is 2.72 bits per heavy atom. The molecule has 0 N–H and O–H groups in total. The van der Waals surface area contributed by atoms with E-state index in [0.717, 1.165) is 50.0 Å². The van der Waals surface area contributed by atoms with Gasteiger partial charge >= 0.3 is 5.97 Å². The fraction of sp³-hybridized carbons (Fsp3) is 0.533. The maximum atomic E-state index is 12.1. The Bertz CT molecular complexity index is 461. The summed E-state index contributed by atoms with van der Waals surface area (Å²) in [6.45, 7) is 5.33. The molecule has 0 atom stereocenters. The van der Waals surface area contributed by atoms with Gasteiger partial charge in [-0.2, -0.15) is 0 Å². The molecule has 3 rings (SSSR count). The summed E-state index contributed by atoms with van der Waals surface area (Å²) in [5, 5.41) is 0. The summed E-state index contributed by atoms with van der Waals surface area (Å²) in [7, 11) is 0. The zero-order valence-corrected chi connectivity index (χ0v) is 10.8. The average molecular weight is 245 g/mol. The largest absolute Gasteiger partial charge is 0.455 e. The molecular formula is C15H19NO2. The molecule has 2 heterocycles. The summed E-state index contributed by atoms with van der Waals surface area (Å²) in [5.41, 5.74) is 1.66. The van der Waals surface area contributed by atoms with Gasteiger partial charge in [-0.05, 0) is 18.2 Å². The van der Waals surface area contributed by atoms with Crippen LogP contribution in [-0.2, 0) is 11.2 Å². The van der Waals surface area contributed by atoms with E-state index in [1.54, 1.807) is 0 Å². The number of likely N-dealkylation sites (tertiary alicyclic amines) is 1. The predicted octanol–water partition coefficient (Wildman–Crippen LogP) is 2.25. The van der Waals surface area contributed by atoms with E-state index in [1.807, 2.05) is 18.2 Å². The molecule has 96 valence electrons. The number of rotatable bonds is 1. The van der Waals surface area contributed by atoms with Crippen LogP contribution < -0.4 is 0 Å². The van der Waals surface area contributed by atoms with Gasteiger partial charge in [-0.25, -0.2) is 4.79 Å². The summed E-state index contributed by atoms with van der Waals surface area (Å²) in [6.07, 6.45) is 2.80. The predicted molar refractivity (Wildman–Crippen MR) is 69.6 cm³/mol. The monoisotopic (exact) mass is 245 g/mol. The van der Waals surface area contributed by atoms with E-state index >= 15 is 0 Å². The molecule has 0 saturated carbocycles. The minimum Gasteiger partial charge on any atom is -0.455 e. The Kier molecular flexibility index (Phi) is 2.86. The number of hydrogen-bond donors (Lipinski definition) is 0. The molecule has 0 amide bonds. The van der Waals surface area contributed by atoms with Crippen LogP contribution in [0.3, 0.4) is 0 Å². The molecule has 1 aromatic carbocycles. The highest BCUT2D eigenvalue weighted by Gasteiger charge is 2.42. The lowest BCUT2D eigenvalue weighted by Crippen LogP contribution is -2.50. The van der Waals surface area contributed by atoms with Gasteiger partial charge in [0.15, 0.2) is 0 Å². The van der Waals surface area contributed by atoms with Crippen molar-refractivity contribution in [3.05, 3.63) is 35.4 Å². The van der Waals surface area contributed by atoms with Crippen LogP contribution in [0.4, 0.5) is 0 Å². The maximum Gasteiger partial charge on any atom is 0.338 e. The minimum absolute atomic E-state index is 0.137. The SMILES string of the molecule is CCN1CCC2(CC1)Cc1ccccc1C(=O)O2. The van der Waals surface area contributed by atoms with E-state index in [4.69, 9.17) is 4.74 Å². The fourth-order valence-electron chi connectivity index (χ4n) is 3.06. The van der Waals surface area contributed by atoms with Gasteiger partial charge in [-0.1, -0.05) is 25.1 Å².